The van der Waals surface area contributed by atoms with Crippen molar-refractivity contribution in [3.8, 4) is 11.4 Å². The Morgan fingerprint density at radius 1 is 1.04 bits per heavy atom. The molecule has 4 heteroatoms. The summed E-state index contributed by atoms with van der Waals surface area (Å²) in [6.07, 6.45) is 2.65. The van der Waals surface area contributed by atoms with Crippen molar-refractivity contribution < 1.29 is 4.52 Å². The molecule has 0 saturated heterocycles. The fourth-order valence-corrected chi connectivity index (χ4v) is 3.35. The van der Waals surface area contributed by atoms with E-state index in [2.05, 4.69) is 71.4 Å². The van der Waals surface area contributed by atoms with Gasteiger partial charge in [0, 0.05) is 18.2 Å². The van der Waals surface area contributed by atoms with E-state index in [9.17, 15) is 0 Å². The van der Waals surface area contributed by atoms with Crippen LogP contribution in [0.15, 0.2) is 59.1 Å². The Bertz CT molecular complexity index is 837. The molecule has 0 amide bonds. The molecule has 4 rings (SSSR count). The van der Waals surface area contributed by atoms with Crippen LogP contribution >= 0.6 is 0 Å². The SMILES string of the molecule is Cc1ccc(-c2noc(CN(Cc3ccccc3)[C@@H](C)C3CC3)n2)cc1. The second-order valence-corrected chi connectivity index (χ2v) is 7.35. The Labute approximate surface area is 154 Å². The van der Waals surface area contributed by atoms with E-state index in [0.717, 1.165) is 18.0 Å². The second kappa shape index (κ2) is 7.42. The van der Waals surface area contributed by atoms with Crippen LogP contribution in [-0.4, -0.2) is 21.1 Å². The van der Waals surface area contributed by atoms with Crippen molar-refractivity contribution in [2.75, 3.05) is 0 Å². The lowest BCUT2D eigenvalue weighted by Crippen LogP contribution is -2.33. The van der Waals surface area contributed by atoms with Gasteiger partial charge in [-0.25, -0.2) is 0 Å². The summed E-state index contributed by atoms with van der Waals surface area (Å²) in [6, 6.07) is 19.3. The lowest BCUT2D eigenvalue weighted by molar-refractivity contribution is 0.150. The van der Waals surface area contributed by atoms with Gasteiger partial charge >= 0.3 is 0 Å². The van der Waals surface area contributed by atoms with Crippen LogP contribution in [0, 0.1) is 12.8 Å². The van der Waals surface area contributed by atoms with Crippen molar-refractivity contribution in [1.82, 2.24) is 15.0 Å². The maximum atomic E-state index is 5.57. The number of nitrogens with zero attached hydrogens (tertiary/aromatic N) is 3. The van der Waals surface area contributed by atoms with Gasteiger partial charge in [-0.1, -0.05) is 65.3 Å². The molecule has 1 atom stereocenters. The van der Waals surface area contributed by atoms with Crippen molar-refractivity contribution in [2.24, 2.45) is 5.92 Å². The molecule has 1 aliphatic rings. The van der Waals surface area contributed by atoms with E-state index in [1.165, 1.54) is 24.0 Å². The van der Waals surface area contributed by atoms with Crippen molar-refractivity contribution >= 4 is 0 Å². The predicted octanol–water partition coefficient (Wildman–Crippen LogP) is 4.85. The number of aryl methyl sites for hydroxylation is 1. The highest BCUT2D eigenvalue weighted by molar-refractivity contribution is 5.54. The van der Waals surface area contributed by atoms with Crippen LogP contribution in [0.25, 0.3) is 11.4 Å². The van der Waals surface area contributed by atoms with E-state index < -0.39 is 0 Å². The largest absolute Gasteiger partial charge is 0.338 e. The second-order valence-electron chi connectivity index (χ2n) is 7.35. The standard InChI is InChI=1S/C22H25N3O/c1-16-8-10-20(11-9-16)22-23-21(26-24-22)15-25(17(2)19-12-13-19)14-18-6-4-3-5-7-18/h3-11,17,19H,12-15H2,1-2H3/t17-/m0/s1. The van der Waals surface area contributed by atoms with Crippen molar-refractivity contribution in [1.29, 1.82) is 0 Å². The van der Waals surface area contributed by atoms with Crippen LogP contribution < -0.4 is 0 Å². The average molecular weight is 347 g/mol. The third kappa shape index (κ3) is 4.02. The van der Waals surface area contributed by atoms with Gasteiger partial charge in [0.1, 0.15) is 0 Å². The molecule has 0 unspecified atom stereocenters. The van der Waals surface area contributed by atoms with Crippen molar-refractivity contribution in [3.05, 3.63) is 71.6 Å². The molecule has 1 saturated carbocycles. The summed E-state index contributed by atoms with van der Waals surface area (Å²) in [5.41, 5.74) is 3.54. The molecule has 2 aromatic carbocycles. The highest BCUT2D eigenvalue weighted by Crippen LogP contribution is 2.36. The maximum absolute atomic E-state index is 5.57. The third-order valence-corrected chi connectivity index (χ3v) is 5.22. The molecule has 134 valence electrons. The predicted molar refractivity (Wildman–Crippen MR) is 102 cm³/mol. The minimum atomic E-state index is 0.518. The smallest absolute Gasteiger partial charge is 0.241 e. The van der Waals surface area contributed by atoms with Crippen LogP contribution in [0.2, 0.25) is 0 Å². The van der Waals surface area contributed by atoms with Gasteiger partial charge in [0.15, 0.2) is 0 Å². The molecular weight excluding hydrogens is 322 g/mol. The number of rotatable bonds is 7. The van der Waals surface area contributed by atoms with Crippen LogP contribution in [0.5, 0.6) is 0 Å². The molecule has 4 nitrogen and oxygen atoms in total. The molecule has 1 aromatic heterocycles. The highest BCUT2D eigenvalue weighted by atomic mass is 16.5. The van der Waals surface area contributed by atoms with Gasteiger partial charge in [-0.05, 0) is 38.2 Å². The molecule has 0 N–H and O–H groups in total. The number of aromatic nitrogens is 2. The summed E-state index contributed by atoms with van der Waals surface area (Å²) in [5, 5.41) is 4.18. The molecule has 1 aliphatic carbocycles. The third-order valence-electron chi connectivity index (χ3n) is 5.22. The van der Waals surface area contributed by atoms with E-state index >= 15 is 0 Å². The topological polar surface area (TPSA) is 42.2 Å². The number of benzene rings is 2. The monoisotopic (exact) mass is 347 g/mol. The normalized spacial score (nSPS) is 15.3. The minimum absolute atomic E-state index is 0.518. The summed E-state index contributed by atoms with van der Waals surface area (Å²) in [6.45, 7) is 5.98. The zero-order chi connectivity index (χ0) is 17.9. The molecule has 0 spiro atoms. The molecule has 1 fully saturated rings. The van der Waals surface area contributed by atoms with Gasteiger partial charge in [-0.15, -0.1) is 0 Å². The fraction of sp³-hybridized carbons (Fsp3) is 0.364. The zero-order valence-electron chi connectivity index (χ0n) is 15.4. The summed E-state index contributed by atoms with van der Waals surface area (Å²) < 4.78 is 5.57. The Hall–Kier alpha value is -2.46. The quantitative estimate of drug-likeness (QED) is 0.613. The summed E-state index contributed by atoms with van der Waals surface area (Å²) in [4.78, 5) is 7.09. The fourth-order valence-electron chi connectivity index (χ4n) is 3.35. The molecule has 0 aliphatic heterocycles. The lowest BCUT2D eigenvalue weighted by Gasteiger charge is -2.27. The molecule has 0 bridgehead atoms. The van der Waals surface area contributed by atoms with Gasteiger partial charge in [0.05, 0.1) is 6.54 Å². The van der Waals surface area contributed by atoms with Gasteiger partial charge < -0.3 is 4.52 Å². The van der Waals surface area contributed by atoms with E-state index in [4.69, 9.17) is 4.52 Å². The van der Waals surface area contributed by atoms with E-state index in [0.29, 0.717) is 24.3 Å². The molecule has 1 heterocycles. The van der Waals surface area contributed by atoms with Crippen LogP contribution in [0.1, 0.15) is 36.8 Å². The number of hydrogen-bond donors (Lipinski definition) is 0. The molecule has 3 aromatic rings. The van der Waals surface area contributed by atoms with Gasteiger partial charge in [-0.2, -0.15) is 4.98 Å². The summed E-state index contributed by atoms with van der Waals surface area (Å²) >= 11 is 0. The molecule has 26 heavy (non-hydrogen) atoms. The van der Waals surface area contributed by atoms with Gasteiger partial charge in [0.25, 0.3) is 0 Å². The van der Waals surface area contributed by atoms with Crippen LogP contribution in [-0.2, 0) is 13.1 Å². The highest BCUT2D eigenvalue weighted by Gasteiger charge is 2.32. The summed E-state index contributed by atoms with van der Waals surface area (Å²) in [7, 11) is 0. The Morgan fingerprint density at radius 3 is 2.46 bits per heavy atom. The molecule has 0 radical (unpaired) electrons. The van der Waals surface area contributed by atoms with E-state index in [-0.39, 0.29) is 0 Å². The Kier molecular flexibility index (Phi) is 4.85. The van der Waals surface area contributed by atoms with Gasteiger partial charge in [0.2, 0.25) is 11.7 Å². The van der Waals surface area contributed by atoms with Crippen LogP contribution in [0.4, 0.5) is 0 Å². The first kappa shape index (κ1) is 17.0. The maximum Gasteiger partial charge on any atom is 0.241 e. The van der Waals surface area contributed by atoms with E-state index in [1.54, 1.807) is 0 Å². The van der Waals surface area contributed by atoms with Crippen LogP contribution in [0.3, 0.4) is 0 Å². The minimum Gasteiger partial charge on any atom is -0.338 e. The molecular formula is C22H25N3O. The first-order valence-electron chi connectivity index (χ1n) is 9.36. The van der Waals surface area contributed by atoms with E-state index in [1.807, 2.05) is 12.1 Å². The average Bonchev–Trinajstić information content (AvgIpc) is 3.41. The Balaban J connectivity index is 1.51. The lowest BCUT2D eigenvalue weighted by atomic mass is 10.1. The zero-order valence-corrected chi connectivity index (χ0v) is 15.4. The number of hydrogen-bond acceptors (Lipinski definition) is 4. The first-order valence-corrected chi connectivity index (χ1v) is 9.36. The first-order chi connectivity index (χ1) is 12.7. The Morgan fingerprint density at radius 2 is 1.77 bits per heavy atom. The summed E-state index contributed by atoms with van der Waals surface area (Å²) in [5.74, 6) is 2.14. The van der Waals surface area contributed by atoms with Crippen molar-refractivity contribution in [2.45, 2.75) is 45.8 Å². The van der Waals surface area contributed by atoms with Crippen molar-refractivity contribution in [3.63, 3.8) is 0 Å². The van der Waals surface area contributed by atoms with Gasteiger partial charge in [-0.3, -0.25) is 4.90 Å².